The van der Waals surface area contributed by atoms with Crippen LogP contribution in [0.15, 0.2) is 35.8 Å². The summed E-state index contributed by atoms with van der Waals surface area (Å²) in [5, 5.41) is 1.89. The smallest absolute Gasteiger partial charge is 0.264 e. The second-order valence-electron chi connectivity index (χ2n) is 5.90. The van der Waals surface area contributed by atoms with Gasteiger partial charge in [0.1, 0.15) is 6.10 Å². The zero-order valence-electron chi connectivity index (χ0n) is 12.9. The number of aromatic nitrogens is 1. The molecule has 2 bridgehead atoms. The summed E-state index contributed by atoms with van der Waals surface area (Å²) in [5.74, 6) is -0.554. The number of hydrogen-bond donors (Lipinski definition) is 0. The molecule has 3 atom stereocenters. The van der Waals surface area contributed by atoms with Crippen molar-refractivity contribution in [2.75, 3.05) is 13.2 Å². The fourth-order valence-electron chi connectivity index (χ4n) is 3.43. The van der Waals surface area contributed by atoms with E-state index in [0.717, 1.165) is 12.8 Å². The molecule has 1 saturated heterocycles. The van der Waals surface area contributed by atoms with Crippen molar-refractivity contribution < 1.29 is 18.7 Å². The molecule has 0 unspecified atom stereocenters. The molecule has 1 saturated carbocycles. The Hall–Kier alpha value is -1.99. The summed E-state index contributed by atoms with van der Waals surface area (Å²) < 4.78 is 25.6. The van der Waals surface area contributed by atoms with Gasteiger partial charge in [0.05, 0.1) is 23.6 Å². The fourth-order valence-corrected chi connectivity index (χ4v) is 4.11. The van der Waals surface area contributed by atoms with Crippen LogP contribution in [-0.4, -0.2) is 47.2 Å². The van der Waals surface area contributed by atoms with Gasteiger partial charge in [-0.25, -0.2) is 9.37 Å². The van der Waals surface area contributed by atoms with Crippen molar-refractivity contribution in [1.29, 1.82) is 0 Å². The van der Waals surface area contributed by atoms with Crippen LogP contribution in [-0.2, 0) is 4.74 Å². The molecule has 126 valence electrons. The number of rotatable bonds is 3. The number of halogens is 1. The summed E-state index contributed by atoms with van der Waals surface area (Å²) in [6, 6.07) is 6.39. The largest absolute Gasteiger partial charge is 0.467 e. The Labute approximate surface area is 143 Å². The average Bonchev–Trinajstić information content (AvgIpc) is 3.18. The van der Waals surface area contributed by atoms with Gasteiger partial charge < -0.3 is 14.4 Å². The van der Waals surface area contributed by atoms with Crippen molar-refractivity contribution in [3.8, 4) is 5.88 Å². The quantitative estimate of drug-likeness (QED) is 0.856. The average molecular weight is 348 g/mol. The van der Waals surface area contributed by atoms with Crippen LogP contribution < -0.4 is 4.74 Å². The number of ether oxygens (including phenoxy) is 2. The minimum absolute atomic E-state index is 0.0174. The lowest BCUT2D eigenvalue weighted by atomic mass is 10.1. The van der Waals surface area contributed by atoms with E-state index in [1.54, 1.807) is 0 Å². The number of pyridine rings is 1. The molecule has 0 radical (unpaired) electrons. The Balaban J connectivity index is 1.60. The van der Waals surface area contributed by atoms with E-state index in [2.05, 4.69) is 4.98 Å². The second kappa shape index (κ2) is 6.49. The Morgan fingerprint density at radius 1 is 1.38 bits per heavy atom. The SMILES string of the molecule is O=C(c1cccs1)N1CCO[C@H]2CC[C@H]1[C@H]2Oc1ncccc1F. The van der Waals surface area contributed by atoms with E-state index in [1.807, 2.05) is 22.4 Å². The number of hydrogen-bond acceptors (Lipinski definition) is 5. The molecule has 2 aromatic rings. The van der Waals surface area contributed by atoms with Gasteiger partial charge in [-0.05, 0) is 36.4 Å². The molecule has 0 N–H and O–H groups in total. The lowest BCUT2D eigenvalue weighted by Crippen LogP contribution is -2.47. The van der Waals surface area contributed by atoms with Gasteiger partial charge in [0, 0.05) is 12.7 Å². The molecule has 2 fully saturated rings. The van der Waals surface area contributed by atoms with Gasteiger partial charge in [-0.2, -0.15) is 0 Å². The minimum Gasteiger partial charge on any atom is -0.467 e. The topological polar surface area (TPSA) is 51.7 Å². The monoisotopic (exact) mass is 348 g/mol. The van der Waals surface area contributed by atoms with Crippen LogP contribution in [0.5, 0.6) is 5.88 Å². The lowest BCUT2D eigenvalue weighted by Gasteiger charge is -2.31. The summed E-state index contributed by atoms with van der Waals surface area (Å²) in [6.45, 7) is 0.977. The van der Waals surface area contributed by atoms with Crippen LogP contribution in [0.1, 0.15) is 22.5 Å². The van der Waals surface area contributed by atoms with Crippen molar-refractivity contribution in [2.24, 2.45) is 0 Å². The van der Waals surface area contributed by atoms with Crippen molar-refractivity contribution in [3.05, 3.63) is 46.5 Å². The van der Waals surface area contributed by atoms with Crippen LogP contribution >= 0.6 is 11.3 Å². The van der Waals surface area contributed by atoms with Gasteiger partial charge in [0.15, 0.2) is 5.82 Å². The van der Waals surface area contributed by atoms with E-state index in [-0.39, 0.29) is 23.9 Å². The summed E-state index contributed by atoms with van der Waals surface area (Å²) in [5.41, 5.74) is 0. The van der Waals surface area contributed by atoms with E-state index in [4.69, 9.17) is 9.47 Å². The summed E-state index contributed by atoms with van der Waals surface area (Å²) in [4.78, 5) is 19.3. The molecule has 3 heterocycles. The normalized spacial score (nSPS) is 26.2. The van der Waals surface area contributed by atoms with Crippen LogP contribution in [0.2, 0.25) is 0 Å². The third-order valence-electron chi connectivity index (χ3n) is 4.52. The number of carbonyl (C=O) groups excluding carboxylic acids is 1. The second-order valence-corrected chi connectivity index (χ2v) is 6.85. The zero-order valence-corrected chi connectivity index (χ0v) is 13.7. The van der Waals surface area contributed by atoms with Gasteiger partial charge in [-0.1, -0.05) is 6.07 Å². The summed E-state index contributed by atoms with van der Waals surface area (Å²) >= 11 is 1.42. The van der Waals surface area contributed by atoms with E-state index >= 15 is 0 Å². The van der Waals surface area contributed by atoms with Gasteiger partial charge in [-0.15, -0.1) is 11.3 Å². The van der Waals surface area contributed by atoms with Crippen molar-refractivity contribution >= 4 is 17.2 Å². The minimum atomic E-state index is -0.503. The first-order chi connectivity index (χ1) is 11.7. The van der Waals surface area contributed by atoms with Gasteiger partial charge in [0.2, 0.25) is 0 Å². The standard InChI is InChI=1S/C17H17FN2O3S/c18-11-3-1-7-19-16(11)23-15-12-5-6-13(15)22-9-8-20(12)17(21)14-4-2-10-24-14/h1-4,7,10,12-13,15H,5-6,8-9H2/t12-,13-,15+/m0/s1. The Morgan fingerprint density at radius 3 is 3.08 bits per heavy atom. The highest BCUT2D eigenvalue weighted by atomic mass is 32.1. The molecule has 0 spiro atoms. The third-order valence-corrected chi connectivity index (χ3v) is 5.38. The molecule has 1 amide bonds. The first-order valence-electron chi connectivity index (χ1n) is 7.97. The maximum Gasteiger partial charge on any atom is 0.264 e. The van der Waals surface area contributed by atoms with Gasteiger partial charge >= 0.3 is 0 Å². The maximum absolute atomic E-state index is 13.9. The van der Waals surface area contributed by atoms with Crippen LogP contribution in [0, 0.1) is 5.82 Å². The predicted molar refractivity (Wildman–Crippen MR) is 86.7 cm³/mol. The summed E-state index contributed by atoms with van der Waals surface area (Å²) in [7, 11) is 0. The van der Waals surface area contributed by atoms with Crippen LogP contribution in [0.25, 0.3) is 0 Å². The lowest BCUT2D eigenvalue weighted by molar-refractivity contribution is 0.000313. The van der Waals surface area contributed by atoms with Crippen molar-refractivity contribution in [3.63, 3.8) is 0 Å². The van der Waals surface area contributed by atoms with Crippen molar-refractivity contribution in [1.82, 2.24) is 9.88 Å². The fraction of sp³-hybridized carbons (Fsp3) is 0.412. The molecule has 4 rings (SSSR count). The van der Waals surface area contributed by atoms with Gasteiger partial charge in [-0.3, -0.25) is 4.79 Å². The Bertz CT molecular complexity index is 724. The Morgan fingerprint density at radius 2 is 2.29 bits per heavy atom. The highest BCUT2D eigenvalue weighted by Gasteiger charge is 2.46. The Kier molecular flexibility index (Phi) is 4.20. The number of amides is 1. The molecule has 1 aliphatic heterocycles. The number of fused-ring (bicyclic) bond motifs is 2. The maximum atomic E-state index is 13.9. The number of nitrogens with zero attached hydrogens (tertiary/aromatic N) is 2. The van der Waals surface area contributed by atoms with Crippen LogP contribution in [0.3, 0.4) is 0 Å². The first kappa shape index (κ1) is 15.5. The molecule has 2 aliphatic rings. The highest BCUT2D eigenvalue weighted by molar-refractivity contribution is 7.12. The zero-order chi connectivity index (χ0) is 16.5. The summed E-state index contributed by atoms with van der Waals surface area (Å²) in [6.07, 6.45) is 2.52. The third kappa shape index (κ3) is 2.78. The number of carbonyl (C=O) groups is 1. The highest BCUT2D eigenvalue weighted by Crippen LogP contribution is 2.34. The van der Waals surface area contributed by atoms with Gasteiger partial charge in [0.25, 0.3) is 11.8 Å². The molecule has 24 heavy (non-hydrogen) atoms. The molecule has 7 heteroatoms. The van der Waals surface area contributed by atoms with E-state index in [1.165, 1.54) is 29.7 Å². The molecule has 1 aliphatic carbocycles. The van der Waals surface area contributed by atoms with E-state index in [9.17, 15) is 9.18 Å². The number of thiophene rings is 1. The van der Waals surface area contributed by atoms with Crippen LogP contribution in [0.4, 0.5) is 4.39 Å². The van der Waals surface area contributed by atoms with E-state index < -0.39 is 11.9 Å². The molecular weight excluding hydrogens is 331 g/mol. The first-order valence-corrected chi connectivity index (χ1v) is 8.85. The van der Waals surface area contributed by atoms with Crippen molar-refractivity contribution in [2.45, 2.75) is 31.1 Å². The molecule has 0 aromatic carbocycles. The molecular formula is C17H17FN2O3S. The molecule has 5 nitrogen and oxygen atoms in total. The van der Waals surface area contributed by atoms with E-state index in [0.29, 0.717) is 18.0 Å². The predicted octanol–water partition coefficient (Wildman–Crippen LogP) is 2.73. The molecule has 2 aromatic heterocycles.